The molecule has 0 saturated heterocycles. The topological polar surface area (TPSA) is 63.4 Å². The van der Waals surface area contributed by atoms with Crippen molar-refractivity contribution in [1.29, 1.82) is 0 Å². The number of benzene rings is 1. The number of amides is 2. The highest BCUT2D eigenvalue weighted by Gasteiger charge is 2.23. The number of nitrogens with zero attached hydrogens (tertiary/aromatic N) is 1. The summed E-state index contributed by atoms with van der Waals surface area (Å²) in [7, 11) is 0. The van der Waals surface area contributed by atoms with Gasteiger partial charge in [-0.1, -0.05) is 0 Å². The molecule has 0 spiro atoms. The second-order valence-corrected chi connectivity index (χ2v) is 3.60. The van der Waals surface area contributed by atoms with Crippen LogP contribution in [0, 0.1) is 11.6 Å². The van der Waals surface area contributed by atoms with Gasteiger partial charge in [-0.15, -0.1) is 0 Å². The average molecular weight is 242 g/mol. The highest BCUT2D eigenvalue weighted by Crippen LogP contribution is 2.20. The van der Waals surface area contributed by atoms with Gasteiger partial charge in [-0.2, -0.15) is 0 Å². The van der Waals surface area contributed by atoms with Crippen LogP contribution in [-0.2, 0) is 9.59 Å². The molecule has 4 nitrogen and oxygen atoms in total. The van der Waals surface area contributed by atoms with Crippen LogP contribution in [0.5, 0.6) is 0 Å². The fourth-order valence-electron chi connectivity index (χ4n) is 1.48. The molecule has 17 heavy (non-hydrogen) atoms. The van der Waals surface area contributed by atoms with Gasteiger partial charge < -0.3 is 10.6 Å². The van der Waals surface area contributed by atoms with Crippen molar-refractivity contribution in [2.45, 2.75) is 19.9 Å². The second kappa shape index (κ2) is 4.90. The van der Waals surface area contributed by atoms with E-state index in [-0.39, 0.29) is 5.69 Å². The lowest BCUT2D eigenvalue weighted by Gasteiger charge is -2.26. The van der Waals surface area contributed by atoms with Crippen LogP contribution in [0.1, 0.15) is 13.8 Å². The fourth-order valence-corrected chi connectivity index (χ4v) is 1.48. The molecule has 0 radical (unpaired) electrons. The number of primary amides is 1. The van der Waals surface area contributed by atoms with E-state index in [0.717, 1.165) is 17.0 Å². The zero-order valence-electron chi connectivity index (χ0n) is 9.41. The van der Waals surface area contributed by atoms with Crippen LogP contribution in [0.4, 0.5) is 14.5 Å². The Balaban J connectivity index is 3.23. The number of hydrogen-bond acceptors (Lipinski definition) is 2. The van der Waals surface area contributed by atoms with Gasteiger partial charge in [-0.25, -0.2) is 8.78 Å². The molecular weight excluding hydrogens is 230 g/mol. The van der Waals surface area contributed by atoms with Gasteiger partial charge in [-0.05, 0) is 19.1 Å². The third kappa shape index (κ3) is 2.99. The van der Waals surface area contributed by atoms with Crippen molar-refractivity contribution in [3.05, 3.63) is 29.8 Å². The number of rotatable bonds is 3. The Labute approximate surface area is 97.0 Å². The van der Waals surface area contributed by atoms with Crippen molar-refractivity contribution in [2.24, 2.45) is 5.73 Å². The molecule has 0 aliphatic heterocycles. The molecule has 1 atom stereocenters. The van der Waals surface area contributed by atoms with Crippen molar-refractivity contribution < 1.29 is 18.4 Å². The summed E-state index contributed by atoms with van der Waals surface area (Å²) in [6.07, 6.45) is 0. The van der Waals surface area contributed by atoms with Crippen LogP contribution < -0.4 is 10.6 Å². The Morgan fingerprint density at radius 3 is 2.06 bits per heavy atom. The summed E-state index contributed by atoms with van der Waals surface area (Å²) < 4.78 is 26.0. The van der Waals surface area contributed by atoms with E-state index in [2.05, 4.69) is 0 Å². The minimum atomic E-state index is -0.978. The van der Waals surface area contributed by atoms with Crippen LogP contribution >= 0.6 is 0 Å². The van der Waals surface area contributed by atoms with Crippen molar-refractivity contribution >= 4 is 17.5 Å². The fraction of sp³-hybridized carbons (Fsp3) is 0.273. The first-order chi connectivity index (χ1) is 7.82. The Kier molecular flexibility index (Phi) is 3.77. The standard InChI is InChI=1S/C11H12F2N2O2/c1-6(11(14)17)15(7(2)16)10-4-8(12)3-9(13)5-10/h3-6H,1-2H3,(H2,14,17)/t6-/m0/s1. The van der Waals surface area contributed by atoms with E-state index >= 15 is 0 Å². The number of nitrogens with two attached hydrogens (primary N) is 1. The molecule has 0 aromatic heterocycles. The lowest BCUT2D eigenvalue weighted by Crippen LogP contribution is -2.45. The van der Waals surface area contributed by atoms with E-state index in [1.54, 1.807) is 0 Å². The highest BCUT2D eigenvalue weighted by atomic mass is 19.1. The monoisotopic (exact) mass is 242 g/mol. The first-order valence-electron chi connectivity index (χ1n) is 4.88. The summed E-state index contributed by atoms with van der Waals surface area (Å²) >= 11 is 0. The van der Waals surface area contributed by atoms with E-state index < -0.39 is 29.5 Å². The number of carbonyl (C=O) groups excluding carboxylic acids is 2. The SMILES string of the molecule is CC(=O)N(c1cc(F)cc(F)c1)[C@@H](C)C(N)=O. The van der Waals surface area contributed by atoms with Crippen molar-refractivity contribution in [3.63, 3.8) is 0 Å². The molecule has 1 aromatic carbocycles. The smallest absolute Gasteiger partial charge is 0.240 e. The molecule has 2 amide bonds. The molecule has 0 aliphatic rings. The van der Waals surface area contributed by atoms with Crippen LogP contribution in [0.2, 0.25) is 0 Å². The predicted molar refractivity (Wildman–Crippen MR) is 58.2 cm³/mol. The summed E-state index contributed by atoms with van der Waals surface area (Å²) in [5.74, 6) is -2.95. The van der Waals surface area contributed by atoms with E-state index in [1.165, 1.54) is 13.8 Å². The molecule has 0 saturated carbocycles. The third-order valence-electron chi connectivity index (χ3n) is 2.26. The maximum absolute atomic E-state index is 13.0. The minimum absolute atomic E-state index is 0.0405. The van der Waals surface area contributed by atoms with Gasteiger partial charge in [0.15, 0.2) is 0 Å². The van der Waals surface area contributed by atoms with E-state index in [0.29, 0.717) is 6.07 Å². The first-order valence-corrected chi connectivity index (χ1v) is 4.88. The third-order valence-corrected chi connectivity index (χ3v) is 2.26. The van der Waals surface area contributed by atoms with Crippen LogP contribution in [-0.4, -0.2) is 17.9 Å². The quantitative estimate of drug-likeness (QED) is 0.865. The molecule has 1 aromatic rings. The first kappa shape index (κ1) is 13.1. The van der Waals surface area contributed by atoms with Gasteiger partial charge in [0.2, 0.25) is 11.8 Å². The summed E-state index contributed by atoms with van der Waals surface area (Å²) in [4.78, 5) is 23.4. The predicted octanol–water partition coefficient (Wildman–Crippen LogP) is 1.19. The number of carbonyl (C=O) groups is 2. The van der Waals surface area contributed by atoms with Gasteiger partial charge in [0, 0.05) is 13.0 Å². The van der Waals surface area contributed by atoms with E-state index in [9.17, 15) is 18.4 Å². The molecule has 2 N–H and O–H groups in total. The Hall–Kier alpha value is -1.98. The van der Waals surface area contributed by atoms with E-state index in [4.69, 9.17) is 5.73 Å². The Morgan fingerprint density at radius 2 is 1.71 bits per heavy atom. The van der Waals surface area contributed by atoms with Crippen molar-refractivity contribution in [3.8, 4) is 0 Å². The maximum atomic E-state index is 13.0. The van der Waals surface area contributed by atoms with Gasteiger partial charge in [0.05, 0.1) is 5.69 Å². The second-order valence-electron chi connectivity index (χ2n) is 3.60. The van der Waals surface area contributed by atoms with Crippen LogP contribution in [0.25, 0.3) is 0 Å². The number of anilines is 1. The summed E-state index contributed by atoms with van der Waals surface area (Å²) in [6, 6.07) is 1.62. The zero-order chi connectivity index (χ0) is 13.2. The molecule has 0 bridgehead atoms. The summed E-state index contributed by atoms with van der Waals surface area (Å²) in [6.45, 7) is 2.56. The average Bonchev–Trinajstić information content (AvgIpc) is 2.15. The van der Waals surface area contributed by atoms with Crippen molar-refractivity contribution in [2.75, 3.05) is 4.90 Å². The zero-order valence-corrected chi connectivity index (χ0v) is 9.41. The Morgan fingerprint density at radius 1 is 1.24 bits per heavy atom. The van der Waals surface area contributed by atoms with Gasteiger partial charge >= 0.3 is 0 Å². The molecule has 1 rings (SSSR count). The molecule has 0 heterocycles. The molecule has 0 unspecified atom stereocenters. The summed E-state index contributed by atoms with van der Waals surface area (Å²) in [5.41, 5.74) is 5.03. The minimum Gasteiger partial charge on any atom is -0.368 e. The van der Waals surface area contributed by atoms with Gasteiger partial charge in [0.1, 0.15) is 17.7 Å². The molecular formula is C11H12F2N2O2. The van der Waals surface area contributed by atoms with E-state index in [1.807, 2.05) is 0 Å². The number of halogens is 2. The number of hydrogen-bond donors (Lipinski definition) is 1. The normalized spacial score (nSPS) is 12.0. The van der Waals surface area contributed by atoms with Gasteiger partial charge in [-0.3, -0.25) is 9.59 Å². The largest absolute Gasteiger partial charge is 0.368 e. The summed E-state index contributed by atoms with van der Waals surface area (Å²) in [5, 5.41) is 0. The van der Waals surface area contributed by atoms with Crippen LogP contribution in [0.15, 0.2) is 18.2 Å². The Bertz CT molecular complexity index is 443. The maximum Gasteiger partial charge on any atom is 0.240 e. The highest BCUT2D eigenvalue weighted by molar-refractivity contribution is 5.98. The lowest BCUT2D eigenvalue weighted by atomic mass is 10.2. The van der Waals surface area contributed by atoms with Gasteiger partial charge in [0.25, 0.3) is 0 Å². The molecule has 0 aliphatic carbocycles. The van der Waals surface area contributed by atoms with Crippen LogP contribution in [0.3, 0.4) is 0 Å². The molecule has 0 fully saturated rings. The molecule has 92 valence electrons. The lowest BCUT2D eigenvalue weighted by molar-refractivity contribution is -0.123. The molecule has 6 heteroatoms. The van der Waals surface area contributed by atoms with Crippen molar-refractivity contribution in [1.82, 2.24) is 0 Å².